The molecule has 2 aromatic heterocycles. The van der Waals surface area contributed by atoms with E-state index in [2.05, 4.69) is 33.8 Å². The van der Waals surface area contributed by atoms with Crippen LogP contribution in [0.1, 0.15) is 132 Å². The molecule has 6 nitrogen and oxygen atoms in total. The molecule has 4 rings (SSSR count). The van der Waals surface area contributed by atoms with Crippen molar-refractivity contribution in [2.45, 2.75) is 122 Å². The van der Waals surface area contributed by atoms with Crippen LogP contribution in [0.5, 0.6) is 5.75 Å². The van der Waals surface area contributed by atoms with Crippen LogP contribution in [0.4, 0.5) is 4.39 Å². The van der Waals surface area contributed by atoms with Crippen molar-refractivity contribution in [3.63, 3.8) is 0 Å². The third-order valence-electron chi connectivity index (χ3n) is 8.35. The van der Waals surface area contributed by atoms with Gasteiger partial charge in [-0.3, -0.25) is 0 Å². The number of hydrogen-bond donors (Lipinski definition) is 0. The summed E-state index contributed by atoms with van der Waals surface area (Å²) < 4.78 is 20.6. The van der Waals surface area contributed by atoms with Gasteiger partial charge < -0.3 is 4.74 Å². The molecule has 0 N–H and O–H groups in total. The number of ether oxygens (including phenoxy) is 1. The number of rotatable bonds is 15. The van der Waals surface area contributed by atoms with Gasteiger partial charge in [0.05, 0.1) is 0 Å². The number of aromatic nitrogens is 4. The Morgan fingerprint density at radius 3 is 2.17 bits per heavy atom. The number of aryl methyl sites for hydroxylation is 1. The monoisotopic (exact) mass is 560 g/mol. The minimum Gasteiger partial charge on any atom is -0.423 e. The highest BCUT2D eigenvalue weighted by atomic mass is 19.1. The summed E-state index contributed by atoms with van der Waals surface area (Å²) in [5, 5.41) is 0. The van der Waals surface area contributed by atoms with Crippen LogP contribution >= 0.6 is 0 Å². The van der Waals surface area contributed by atoms with Gasteiger partial charge in [-0.15, -0.1) is 0 Å². The lowest BCUT2D eigenvalue weighted by molar-refractivity contribution is 0.0727. The van der Waals surface area contributed by atoms with E-state index < -0.39 is 11.9 Å². The Labute approximate surface area is 244 Å². The van der Waals surface area contributed by atoms with Gasteiger partial charge in [-0.05, 0) is 61.9 Å². The Hall–Kier alpha value is -3.22. The van der Waals surface area contributed by atoms with Crippen molar-refractivity contribution in [1.82, 2.24) is 19.9 Å². The van der Waals surface area contributed by atoms with Gasteiger partial charge in [0.2, 0.25) is 5.95 Å². The fourth-order valence-electron chi connectivity index (χ4n) is 5.86. The maximum Gasteiger partial charge on any atom is 0.349 e. The maximum absolute atomic E-state index is 15.1. The summed E-state index contributed by atoms with van der Waals surface area (Å²) in [6.07, 6.45) is 23.3. The number of esters is 1. The van der Waals surface area contributed by atoms with E-state index in [9.17, 15) is 4.79 Å². The second-order valence-corrected chi connectivity index (χ2v) is 11.5. The molecule has 1 aromatic carbocycles. The largest absolute Gasteiger partial charge is 0.423 e. The summed E-state index contributed by atoms with van der Waals surface area (Å²) in [5.41, 5.74) is 1.51. The maximum atomic E-state index is 15.1. The van der Waals surface area contributed by atoms with Crippen molar-refractivity contribution in [3.8, 4) is 17.1 Å². The minimum atomic E-state index is -0.813. The Balaban J connectivity index is 1.34. The molecule has 0 unspecified atom stereocenters. The minimum absolute atomic E-state index is 0.193. The average molecular weight is 561 g/mol. The first-order valence-electron chi connectivity index (χ1n) is 15.7. The first-order valence-corrected chi connectivity index (χ1v) is 15.7. The molecule has 41 heavy (non-hydrogen) atoms. The molecule has 0 aliphatic heterocycles. The molecule has 0 saturated heterocycles. The number of carbonyl (C=O) groups excluding carboxylic acids is 1. The lowest BCUT2D eigenvalue weighted by Gasteiger charge is -2.36. The Bertz CT molecular complexity index is 1220. The van der Waals surface area contributed by atoms with E-state index >= 15 is 4.39 Å². The van der Waals surface area contributed by atoms with E-state index in [0.717, 1.165) is 75.3 Å². The van der Waals surface area contributed by atoms with E-state index in [0.29, 0.717) is 17.4 Å². The van der Waals surface area contributed by atoms with Crippen molar-refractivity contribution in [1.29, 1.82) is 0 Å². The smallest absolute Gasteiger partial charge is 0.349 e. The van der Waals surface area contributed by atoms with Gasteiger partial charge in [0, 0.05) is 29.6 Å². The average Bonchev–Trinajstić information content (AvgIpc) is 3.00. The summed E-state index contributed by atoms with van der Waals surface area (Å²) in [5.74, 6) is -0.164. The van der Waals surface area contributed by atoms with Crippen LogP contribution in [-0.4, -0.2) is 25.9 Å². The predicted molar refractivity (Wildman–Crippen MR) is 160 cm³/mol. The van der Waals surface area contributed by atoms with Crippen LogP contribution in [0.15, 0.2) is 42.9 Å². The van der Waals surface area contributed by atoms with E-state index in [1.165, 1.54) is 44.7 Å². The van der Waals surface area contributed by atoms with E-state index in [1.54, 1.807) is 24.3 Å². The molecule has 1 aliphatic carbocycles. The number of unbranched alkanes of at least 4 members (excludes halogenated alkanes) is 7. The fourth-order valence-corrected chi connectivity index (χ4v) is 5.86. The summed E-state index contributed by atoms with van der Waals surface area (Å²) in [6.45, 7) is 4.41. The molecule has 1 fully saturated rings. The van der Waals surface area contributed by atoms with Gasteiger partial charge in [-0.2, -0.15) is 4.39 Å². The molecule has 1 saturated carbocycles. The molecule has 3 aromatic rings. The third kappa shape index (κ3) is 8.64. The Morgan fingerprint density at radius 1 is 0.829 bits per heavy atom. The summed E-state index contributed by atoms with van der Waals surface area (Å²) >= 11 is 0. The molecular weight excluding hydrogens is 515 g/mol. The number of nitrogens with zero attached hydrogens (tertiary/aromatic N) is 4. The number of carbonyl (C=O) groups is 1. The molecule has 0 radical (unpaired) electrons. The van der Waals surface area contributed by atoms with Crippen molar-refractivity contribution < 1.29 is 13.9 Å². The van der Waals surface area contributed by atoms with Crippen LogP contribution in [-0.2, 0) is 11.8 Å². The molecular formula is C34H45FN4O2. The third-order valence-corrected chi connectivity index (χ3v) is 8.35. The zero-order chi connectivity index (χ0) is 28.9. The molecule has 0 amide bonds. The Morgan fingerprint density at radius 2 is 1.49 bits per heavy atom. The topological polar surface area (TPSA) is 77.9 Å². The van der Waals surface area contributed by atoms with Crippen molar-refractivity contribution in [3.05, 3.63) is 65.8 Å². The molecule has 1 aliphatic rings. The first kappa shape index (κ1) is 30.7. The van der Waals surface area contributed by atoms with E-state index in [-0.39, 0.29) is 11.0 Å². The molecule has 7 heteroatoms. The zero-order valence-corrected chi connectivity index (χ0v) is 24.8. The molecule has 220 valence electrons. The van der Waals surface area contributed by atoms with Gasteiger partial charge in [-0.1, -0.05) is 84.5 Å². The highest BCUT2D eigenvalue weighted by Gasteiger charge is 2.37. The SMILES string of the molecule is CCCCCCCCc1cnc(-c2ccc(OC(=O)c3cnc(C4(CCCCC)CCCCC4)nc3F)cc2)nc1. The van der Waals surface area contributed by atoms with Crippen molar-refractivity contribution >= 4 is 5.97 Å². The van der Waals surface area contributed by atoms with Crippen LogP contribution in [0, 0.1) is 5.95 Å². The van der Waals surface area contributed by atoms with Crippen LogP contribution in [0.3, 0.4) is 0 Å². The summed E-state index contributed by atoms with van der Waals surface area (Å²) in [6, 6.07) is 6.92. The highest BCUT2D eigenvalue weighted by Crippen LogP contribution is 2.42. The number of halogens is 1. The molecule has 0 spiro atoms. The van der Waals surface area contributed by atoms with Gasteiger partial charge in [0.1, 0.15) is 17.1 Å². The number of benzene rings is 1. The fraction of sp³-hybridized carbons (Fsp3) is 0.559. The van der Waals surface area contributed by atoms with Crippen LogP contribution in [0.2, 0.25) is 0 Å². The Kier molecular flexibility index (Phi) is 11.8. The second kappa shape index (κ2) is 15.7. The number of hydrogen-bond acceptors (Lipinski definition) is 6. The predicted octanol–water partition coefficient (Wildman–Crippen LogP) is 8.98. The molecule has 0 bridgehead atoms. The second-order valence-electron chi connectivity index (χ2n) is 11.5. The first-order chi connectivity index (χ1) is 20.0. The quantitative estimate of drug-likeness (QED) is 0.0799. The van der Waals surface area contributed by atoms with Gasteiger partial charge in [0.25, 0.3) is 0 Å². The van der Waals surface area contributed by atoms with Crippen LogP contribution in [0.25, 0.3) is 11.4 Å². The van der Waals surface area contributed by atoms with Crippen LogP contribution < -0.4 is 4.74 Å². The van der Waals surface area contributed by atoms with Gasteiger partial charge >= 0.3 is 5.97 Å². The zero-order valence-electron chi connectivity index (χ0n) is 24.8. The van der Waals surface area contributed by atoms with Gasteiger partial charge in [0.15, 0.2) is 5.82 Å². The lowest BCUT2D eigenvalue weighted by Crippen LogP contribution is -2.32. The molecule has 2 heterocycles. The highest BCUT2D eigenvalue weighted by molar-refractivity contribution is 5.90. The lowest BCUT2D eigenvalue weighted by atomic mass is 9.70. The van der Waals surface area contributed by atoms with Gasteiger partial charge in [-0.25, -0.2) is 24.7 Å². The summed E-state index contributed by atoms with van der Waals surface area (Å²) in [7, 11) is 0. The van der Waals surface area contributed by atoms with Crippen molar-refractivity contribution in [2.24, 2.45) is 0 Å². The summed E-state index contributed by atoms with van der Waals surface area (Å²) in [4.78, 5) is 30.5. The van der Waals surface area contributed by atoms with Crippen molar-refractivity contribution in [2.75, 3.05) is 0 Å². The standard InChI is InChI=1S/C34H45FN4O2/c1-3-5-7-8-9-11-15-26-23-36-31(37-24-26)27-16-18-28(19-17-27)41-32(40)29-25-38-33(39-30(29)35)34(20-12-6-4-2)21-13-10-14-22-34/h16-19,23-25H,3-15,20-22H2,1-2H3. The van der Waals surface area contributed by atoms with E-state index in [1.807, 2.05) is 12.4 Å². The molecule has 0 atom stereocenters. The van der Waals surface area contributed by atoms with E-state index in [4.69, 9.17) is 4.74 Å². The normalized spacial score (nSPS) is 14.6.